The fraction of sp³-hybridized carbons (Fsp3) is 0.0556. The van der Waals surface area contributed by atoms with Gasteiger partial charge in [-0.3, -0.25) is 0 Å². The minimum absolute atomic E-state index is 0.271. The maximum Gasteiger partial charge on any atom is 0.246 e. The molecule has 3 heterocycles. The zero-order chi connectivity index (χ0) is 18.6. The molecule has 0 fully saturated rings. The number of aromatic nitrogens is 3. The molecule has 0 atom stereocenters. The van der Waals surface area contributed by atoms with E-state index in [4.69, 9.17) is 32.5 Å². The van der Waals surface area contributed by atoms with Crippen molar-refractivity contribution >= 4 is 40.2 Å². The maximum atomic E-state index is 6.13. The van der Waals surface area contributed by atoms with Crippen molar-refractivity contribution in [1.82, 2.24) is 15.1 Å². The molecule has 1 N–H and O–H groups in total. The molecule has 0 unspecified atom stereocenters. The second-order valence-corrected chi connectivity index (χ2v) is 7.04. The van der Waals surface area contributed by atoms with Crippen molar-refractivity contribution in [3.63, 3.8) is 0 Å². The normalized spacial score (nSPS) is 10.7. The zero-order valence-corrected chi connectivity index (χ0v) is 16.1. The summed E-state index contributed by atoms with van der Waals surface area (Å²) < 4.78 is 11.1. The third-order valence-corrected chi connectivity index (χ3v) is 4.71. The predicted molar refractivity (Wildman–Crippen MR) is 106 cm³/mol. The lowest BCUT2D eigenvalue weighted by atomic mass is 10.3. The number of nitrogens with one attached hydrogen (secondary N) is 1. The number of ether oxygens (including phenoxy) is 1. The highest BCUT2D eigenvalue weighted by atomic mass is 35.5. The van der Waals surface area contributed by atoms with Crippen LogP contribution in [0.2, 0.25) is 10.0 Å². The lowest BCUT2D eigenvalue weighted by molar-refractivity contribution is 0.384. The van der Waals surface area contributed by atoms with E-state index in [1.54, 1.807) is 23.5 Å². The monoisotopic (exact) mass is 418 g/mol. The summed E-state index contributed by atoms with van der Waals surface area (Å²) in [5, 5.41) is 11.9. The topological polar surface area (TPSA) is 73.1 Å². The molecule has 4 rings (SSSR count). The molecule has 0 aliphatic carbocycles. The van der Waals surface area contributed by atoms with Crippen molar-refractivity contribution in [2.24, 2.45) is 0 Å². The minimum Gasteiger partial charge on any atom is -0.435 e. The van der Waals surface area contributed by atoms with E-state index < -0.39 is 0 Å². The van der Waals surface area contributed by atoms with Gasteiger partial charge in [-0.25, -0.2) is 4.98 Å². The van der Waals surface area contributed by atoms with Gasteiger partial charge in [-0.15, -0.1) is 0 Å². The summed E-state index contributed by atoms with van der Waals surface area (Å²) in [4.78, 5) is 8.49. The molecule has 0 amide bonds. The number of nitrogens with zero attached hydrogens (tertiary/aromatic N) is 3. The molecular weight excluding hydrogens is 407 g/mol. The van der Waals surface area contributed by atoms with Gasteiger partial charge in [0, 0.05) is 17.1 Å². The van der Waals surface area contributed by atoms with Gasteiger partial charge in [0.15, 0.2) is 5.75 Å². The van der Waals surface area contributed by atoms with Crippen LogP contribution in [-0.2, 0) is 6.54 Å². The number of hydrogen-bond donors (Lipinski definition) is 1. The minimum atomic E-state index is 0.271. The van der Waals surface area contributed by atoms with Gasteiger partial charge in [-0.2, -0.15) is 16.3 Å². The Morgan fingerprint density at radius 2 is 2.07 bits per heavy atom. The van der Waals surface area contributed by atoms with Crippen LogP contribution in [0.25, 0.3) is 11.4 Å². The molecular formula is C18H12Cl2N4O2S. The Kier molecular flexibility index (Phi) is 5.24. The lowest BCUT2D eigenvalue weighted by Crippen LogP contribution is -2.02. The molecule has 6 nitrogen and oxygen atoms in total. The van der Waals surface area contributed by atoms with Gasteiger partial charge in [-0.05, 0) is 29.6 Å². The fourth-order valence-electron chi connectivity index (χ4n) is 2.29. The number of anilines is 1. The number of thiophene rings is 1. The highest BCUT2D eigenvalue weighted by Gasteiger charge is 2.12. The van der Waals surface area contributed by atoms with Crippen LogP contribution < -0.4 is 10.1 Å². The van der Waals surface area contributed by atoms with Crippen LogP contribution in [-0.4, -0.2) is 15.1 Å². The van der Waals surface area contributed by atoms with Gasteiger partial charge in [0.25, 0.3) is 0 Å². The van der Waals surface area contributed by atoms with Crippen LogP contribution >= 0.6 is 34.5 Å². The largest absolute Gasteiger partial charge is 0.435 e. The Morgan fingerprint density at radius 3 is 2.89 bits per heavy atom. The van der Waals surface area contributed by atoms with Gasteiger partial charge in [-0.1, -0.05) is 40.5 Å². The Hall–Kier alpha value is -2.61. The van der Waals surface area contributed by atoms with Crippen molar-refractivity contribution in [2.75, 3.05) is 5.32 Å². The number of rotatable bonds is 6. The third kappa shape index (κ3) is 4.21. The summed E-state index contributed by atoms with van der Waals surface area (Å²) in [6.07, 6.45) is 1.48. The summed E-state index contributed by atoms with van der Waals surface area (Å²) in [5.41, 5.74) is 1.67. The van der Waals surface area contributed by atoms with Crippen LogP contribution in [0.5, 0.6) is 11.6 Å². The number of benzene rings is 1. The van der Waals surface area contributed by atoms with E-state index in [1.807, 2.05) is 35.0 Å². The van der Waals surface area contributed by atoms with Crippen LogP contribution in [0, 0.1) is 0 Å². The number of halogens is 2. The molecule has 0 aliphatic rings. The fourth-order valence-corrected chi connectivity index (χ4v) is 3.34. The quantitative estimate of drug-likeness (QED) is 0.419. The first-order chi connectivity index (χ1) is 13.2. The van der Waals surface area contributed by atoms with Gasteiger partial charge in [0.1, 0.15) is 5.02 Å². The van der Waals surface area contributed by atoms with Crippen molar-refractivity contribution in [2.45, 2.75) is 6.54 Å². The summed E-state index contributed by atoms with van der Waals surface area (Å²) in [5.74, 6) is 1.86. The SMILES string of the molecule is Clc1cnc(Oc2ccccc2NCc2nc(-c3ccsc3)no2)c(Cl)c1. The molecule has 136 valence electrons. The van der Waals surface area contributed by atoms with E-state index >= 15 is 0 Å². The van der Waals surface area contributed by atoms with E-state index in [9.17, 15) is 0 Å². The molecule has 1 aromatic carbocycles. The predicted octanol–water partition coefficient (Wildman–Crippen LogP) is 5.90. The second kappa shape index (κ2) is 7.96. The molecule has 0 spiro atoms. The number of pyridine rings is 1. The van der Waals surface area contributed by atoms with Gasteiger partial charge >= 0.3 is 0 Å². The van der Waals surface area contributed by atoms with Crippen LogP contribution in [0.15, 0.2) is 57.9 Å². The Morgan fingerprint density at radius 1 is 1.19 bits per heavy atom. The third-order valence-electron chi connectivity index (χ3n) is 3.55. The summed E-state index contributed by atoms with van der Waals surface area (Å²) in [7, 11) is 0. The average molecular weight is 419 g/mol. The van der Waals surface area contributed by atoms with Crippen molar-refractivity contribution in [1.29, 1.82) is 0 Å². The number of para-hydroxylation sites is 2. The highest BCUT2D eigenvalue weighted by Crippen LogP contribution is 2.33. The molecule has 0 aliphatic heterocycles. The molecule has 0 saturated carbocycles. The molecule has 27 heavy (non-hydrogen) atoms. The van der Waals surface area contributed by atoms with Crippen molar-refractivity contribution < 1.29 is 9.26 Å². The van der Waals surface area contributed by atoms with Crippen molar-refractivity contribution in [3.8, 4) is 23.0 Å². The first-order valence-corrected chi connectivity index (χ1v) is 9.56. The van der Waals surface area contributed by atoms with E-state index in [0.717, 1.165) is 11.3 Å². The van der Waals surface area contributed by atoms with Crippen LogP contribution in [0.3, 0.4) is 0 Å². The summed E-state index contributed by atoms with van der Waals surface area (Å²) in [6.45, 7) is 0.347. The van der Waals surface area contributed by atoms with Crippen molar-refractivity contribution in [3.05, 3.63) is 69.3 Å². The first kappa shape index (κ1) is 17.8. The second-order valence-electron chi connectivity index (χ2n) is 5.42. The number of hydrogen-bond acceptors (Lipinski definition) is 7. The molecule has 9 heteroatoms. The average Bonchev–Trinajstić information content (AvgIpc) is 3.34. The maximum absolute atomic E-state index is 6.13. The highest BCUT2D eigenvalue weighted by molar-refractivity contribution is 7.08. The molecule has 4 aromatic rings. The Bertz CT molecular complexity index is 1050. The van der Waals surface area contributed by atoms with E-state index in [0.29, 0.717) is 34.1 Å². The lowest BCUT2D eigenvalue weighted by Gasteiger charge is -2.12. The Labute approximate surface area is 168 Å². The standard InChI is InChI=1S/C18H12Cl2N4O2S/c19-12-7-13(20)18(22-8-12)25-15-4-2-1-3-14(15)21-9-16-23-17(24-26-16)11-5-6-27-10-11/h1-8,10,21H,9H2. The first-order valence-electron chi connectivity index (χ1n) is 7.86. The molecule has 0 radical (unpaired) electrons. The van der Waals surface area contributed by atoms with Crippen LogP contribution in [0.1, 0.15) is 5.89 Å². The van der Waals surface area contributed by atoms with E-state index in [1.165, 1.54) is 6.20 Å². The summed E-state index contributed by atoms with van der Waals surface area (Å²) in [6, 6.07) is 10.9. The smallest absolute Gasteiger partial charge is 0.246 e. The molecule has 0 saturated heterocycles. The Balaban J connectivity index is 1.48. The van der Waals surface area contributed by atoms with E-state index in [2.05, 4.69) is 20.4 Å². The molecule has 3 aromatic heterocycles. The van der Waals surface area contributed by atoms with Gasteiger partial charge < -0.3 is 14.6 Å². The van der Waals surface area contributed by atoms with Gasteiger partial charge in [0.2, 0.25) is 17.6 Å². The van der Waals surface area contributed by atoms with Crippen LogP contribution in [0.4, 0.5) is 5.69 Å². The van der Waals surface area contributed by atoms with Gasteiger partial charge in [0.05, 0.1) is 17.3 Å². The zero-order valence-electron chi connectivity index (χ0n) is 13.7. The van der Waals surface area contributed by atoms with E-state index in [-0.39, 0.29) is 5.88 Å². The summed E-state index contributed by atoms with van der Waals surface area (Å²) >= 11 is 13.6. The molecule has 0 bridgehead atoms.